The Morgan fingerprint density at radius 2 is 2.13 bits per heavy atom. The molecule has 2 rings (SSSR count). The Bertz CT molecular complexity index is 613. The summed E-state index contributed by atoms with van der Waals surface area (Å²) in [4.78, 5) is 11.8. The molecule has 124 valence electrons. The number of carbonyl (C=O) groups is 1. The molecule has 0 aliphatic rings. The Morgan fingerprint density at radius 1 is 1.35 bits per heavy atom. The summed E-state index contributed by atoms with van der Waals surface area (Å²) in [6, 6.07) is 9.47. The summed E-state index contributed by atoms with van der Waals surface area (Å²) in [5, 5.41) is 20.0. The molecule has 0 unspecified atom stereocenters. The van der Waals surface area contributed by atoms with Crippen molar-refractivity contribution in [3.8, 4) is 5.75 Å². The second-order valence-corrected chi connectivity index (χ2v) is 5.06. The van der Waals surface area contributed by atoms with Gasteiger partial charge in [0.2, 0.25) is 5.91 Å². The molecule has 7 nitrogen and oxygen atoms in total. The van der Waals surface area contributed by atoms with Crippen LogP contribution in [0.4, 0.5) is 0 Å². The number of rotatable bonds is 9. The van der Waals surface area contributed by atoms with Gasteiger partial charge in [-0.2, -0.15) is 0 Å². The van der Waals surface area contributed by atoms with Crippen molar-refractivity contribution in [3.05, 3.63) is 41.7 Å². The van der Waals surface area contributed by atoms with Crippen LogP contribution in [0.2, 0.25) is 0 Å². The lowest BCUT2D eigenvalue weighted by Crippen LogP contribution is -2.29. The molecule has 0 fully saturated rings. The van der Waals surface area contributed by atoms with Gasteiger partial charge in [0.1, 0.15) is 18.0 Å². The molecule has 0 aliphatic heterocycles. The van der Waals surface area contributed by atoms with Crippen molar-refractivity contribution in [2.45, 2.75) is 32.9 Å². The van der Waals surface area contributed by atoms with Crippen molar-refractivity contribution in [1.29, 1.82) is 0 Å². The summed E-state index contributed by atoms with van der Waals surface area (Å²) in [5.74, 6) is 0.657. The summed E-state index contributed by atoms with van der Waals surface area (Å²) in [5.41, 5.74) is 1.19. The first kappa shape index (κ1) is 17.0. The minimum Gasteiger partial charge on any atom is -0.493 e. The molecule has 1 heterocycles. The van der Waals surface area contributed by atoms with Crippen LogP contribution >= 0.6 is 0 Å². The molecule has 1 aromatic carbocycles. The first-order chi connectivity index (χ1) is 11.2. The lowest BCUT2D eigenvalue weighted by molar-refractivity contribution is -0.121. The predicted molar refractivity (Wildman–Crippen MR) is 84.9 cm³/mol. The number of aliphatic hydroxyl groups excluding tert-OH is 1. The fourth-order valence-corrected chi connectivity index (χ4v) is 2.13. The Hall–Kier alpha value is -2.41. The van der Waals surface area contributed by atoms with Gasteiger partial charge in [0.05, 0.1) is 18.9 Å². The van der Waals surface area contributed by atoms with E-state index in [-0.39, 0.29) is 19.1 Å². The molecular weight excluding hydrogens is 296 g/mol. The normalized spacial score (nSPS) is 10.5. The maximum Gasteiger partial charge on any atom is 0.241 e. The highest BCUT2D eigenvalue weighted by Gasteiger charge is 2.14. The van der Waals surface area contributed by atoms with Crippen LogP contribution in [0.1, 0.15) is 24.7 Å². The van der Waals surface area contributed by atoms with E-state index in [9.17, 15) is 9.90 Å². The number of nitrogens with zero attached hydrogens (tertiary/aromatic N) is 3. The third-order valence-corrected chi connectivity index (χ3v) is 3.28. The average molecular weight is 318 g/mol. The van der Waals surface area contributed by atoms with Crippen LogP contribution in [0, 0.1) is 0 Å². The Kier molecular flexibility index (Phi) is 6.56. The zero-order chi connectivity index (χ0) is 16.5. The van der Waals surface area contributed by atoms with Crippen molar-refractivity contribution in [2.24, 2.45) is 0 Å². The second kappa shape index (κ2) is 8.89. The molecule has 2 N–H and O–H groups in total. The highest BCUT2D eigenvalue weighted by atomic mass is 16.5. The minimum absolute atomic E-state index is 0.0909. The van der Waals surface area contributed by atoms with Crippen LogP contribution in [0.15, 0.2) is 30.3 Å². The van der Waals surface area contributed by atoms with E-state index in [0.29, 0.717) is 25.3 Å². The molecule has 0 spiro atoms. The van der Waals surface area contributed by atoms with Gasteiger partial charge in [0, 0.05) is 13.0 Å². The summed E-state index contributed by atoms with van der Waals surface area (Å²) >= 11 is 0. The number of aromatic nitrogens is 3. The van der Waals surface area contributed by atoms with E-state index in [1.54, 1.807) is 0 Å². The van der Waals surface area contributed by atoms with E-state index in [4.69, 9.17) is 4.74 Å². The number of nitrogens with one attached hydrogen (secondary N) is 1. The van der Waals surface area contributed by atoms with Gasteiger partial charge in [-0.3, -0.25) is 4.79 Å². The number of para-hydroxylation sites is 1. The van der Waals surface area contributed by atoms with Crippen molar-refractivity contribution < 1.29 is 14.6 Å². The van der Waals surface area contributed by atoms with E-state index in [1.807, 2.05) is 37.3 Å². The predicted octanol–water partition coefficient (Wildman–Crippen LogP) is 0.918. The maximum absolute atomic E-state index is 11.8. The van der Waals surface area contributed by atoms with Gasteiger partial charge < -0.3 is 15.2 Å². The molecular formula is C16H22N4O3. The molecule has 0 saturated heterocycles. The molecule has 0 radical (unpaired) electrons. The zero-order valence-electron chi connectivity index (χ0n) is 13.2. The summed E-state index contributed by atoms with van der Waals surface area (Å²) in [6.45, 7) is 2.92. The molecule has 0 atom stereocenters. The van der Waals surface area contributed by atoms with Crippen LogP contribution in [0.5, 0.6) is 5.75 Å². The minimum atomic E-state index is -0.211. The van der Waals surface area contributed by atoms with E-state index in [1.165, 1.54) is 4.68 Å². The highest BCUT2D eigenvalue weighted by Crippen LogP contribution is 2.11. The van der Waals surface area contributed by atoms with Gasteiger partial charge in [-0.15, -0.1) is 5.10 Å². The van der Waals surface area contributed by atoms with Gasteiger partial charge in [-0.1, -0.05) is 30.3 Å². The van der Waals surface area contributed by atoms with Crippen molar-refractivity contribution in [1.82, 2.24) is 20.3 Å². The van der Waals surface area contributed by atoms with Crippen molar-refractivity contribution >= 4 is 5.91 Å². The Morgan fingerprint density at radius 3 is 2.83 bits per heavy atom. The van der Waals surface area contributed by atoms with Crippen molar-refractivity contribution in [2.75, 3.05) is 13.2 Å². The monoisotopic (exact) mass is 318 g/mol. The number of amides is 1. The van der Waals surface area contributed by atoms with E-state index in [0.717, 1.165) is 17.9 Å². The molecule has 2 aromatic rings. The van der Waals surface area contributed by atoms with Crippen molar-refractivity contribution in [3.63, 3.8) is 0 Å². The third-order valence-electron chi connectivity index (χ3n) is 3.28. The largest absolute Gasteiger partial charge is 0.493 e. The van der Waals surface area contributed by atoms with Crippen LogP contribution in [-0.2, 0) is 24.4 Å². The fourth-order valence-electron chi connectivity index (χ4n) is 2.13. The standard InChI is InChI=1S/C16H22N4O3/c1-2-9-17-16(22)11-20-15(14(12-21)18-19-20)8-10-23-13-6-4-3-5-7-13/h3-7,21H,2,8-12H2,1H3,(H,17,22). The topological polar surface area (TPSA) is 89.3 Å². The van der Waals surface area contributed by atoms with Gasteiger partial charge in [-0.25, -0.2) is 4.68 Å². The molecule has 0 saturated carbocycles. The molecule has 1 amide bonds. The van der Waals surface area contributed by atoms with Gasteiger partial charge in [0.15, 0.2) is 0 Å². The third kappa shape index (κ3) is 5.07. The summed E-state index contributed by atoms with van der Waals surface area (Å²) in [7, 11) is 0. The lowest BCUT2D eigenvalue weighted by Gasteiger charge is -2.09. The lowest BCUT2D eigenvalue weighted by atomic mass is 10.2. The van der Waals surface area contributed by atoms with Crippen LogP contribution in [-0.4, -0.2) is 39.2 Å². The zero-order valence-corrected chi connectivity index (χ0v) is 13.2. The number of benzene rings is 1. The van der Waals surface area contributed by atoms with Crippen LogP contribution < -0.4 is 10.1 Å². The van der Waals surface area contributed by atoms with Gasteiger partial charge in [0.25, 0.3) is 0 Å². The van der Waals surface area contributed by atoms with E-state index in [2.05, 4.69) is 15.6 Å². The number of ether oxygens (including phenoxy) is 1. The molecule has 0 aliphatic carbocycles. The van der Waals surface area contributed by atoms with E-state index < -0.39 is 0 Å². The first-order valence-electron chi connectivity index (χ1n) is 7.71. The molecule has 23 heavy (non-hydrogen) atoms. The highest BCUT2D eigenvalue weighted by molar-refractivity contribution is 5.75. The smallest absolute Gasteiger partial charge is 0.241 e. The van der Waals surface area contributed by atoms with Crippen LogP contribution in [0.25, 0.3) is 0 Å². The number of hydrogen-bond donors (Lipinski definition) is 2. The SMILES string of the molecule is CCCNC(=O)Cn1nnc(CO)c1CCOc1ccccc1. The van der Waals surface area contributed by atoms with Crippen LogP contribution in [0.3, 0.4) is 0 Å². The van der Waals surface area contributed by atoms with E-state index >= 15 is 0 Å². The summed E-state index contributed by atoms with van der Waals surface area (Å²) < 4.78 is 7.17. The molecule has 0 bridgehead atoms. The fraction of sp³-hybridized carbons (Fsp3) is 0.438. The van der Waals surface area contributed by atoms with Gasteiger partial charge in [-0.05, 0) is 18.6 Å². The number of carbonyl (C=O) groups excluding carboxylic acids is 1. The Balaban J connectivity index is 1.96. The maximum atomic E-state index is 11.8. The number of aliphatic hydroxyl groups is 1. The number of hydrogen-bond acceptors (Lipinski definition) is 5. The molecule has 7 heteroatoms. The Labute approximate surface area is 135 Å². The van der Waals surface area contributed by atoms with Gasteiger partial charge >= 0.3 is 0 Å². The second-order valence-electron chi connectivity index (χ2n) is 5.06. The average Bonchev–Trinajstić information content (AvgIpc) is 2.96. The first-order valence-corrected chi connectivity index (χ1v) is 7.71. The quantitative estimate of drug-likeness (QED) is 0.717. The molecule has 1 aromatic heterocycles. The summed E-state index contributed by atoms with van der Waals surface area (Å²) in [6.07, 6.45) is 1.39.